The number of likely N-dealkylation sites (N-methyl/N-ethyl adjacent to an activating group) is 1. The number of nitrogens with zero attached hydrogens (tertiary/aromatic N) is 1. The van der Waals surface area contributed by atoms with Gasteiger partial charge in [0.25, 0.3) is 5.91 Å². The van der Waals surface area contributed by atoms with Gasteiger partial charge in [0, 0.05) is 13.5 Å². The van der Waals surface area contributed by atoms with Crippen molar-refractivity contribution >= 4 is 23.8 Å². The molecule has 1 rings (SSSR count). The van der Waals surface area contributed by atoms with Crippen molar-refractivity contribution in [3.05, 3.63) is 0 Å². The number of carbonyl (C=O) groups is 4. The highest BCUT2D eigenvalue weighted by atomic mass is 16.4. The van der Waals surface area contributed by atoms with Gasteiger partial charge in [-0.2, -0.15) is 0 Å². The van der Waals surface area contributed by atoms with E-state index in [0.29, 0.717) is 6.42 Å². The standard InChI is InChI=1S/C13H21N3O5/c1-7(2)6-9(12(19)20)15-13(21)14-8-4-5-10(17)16(3)11(8)18/h7-9H,4-6H2,1-3H3,(H,19,20)(H2,14,15,21)/t8?,9-/m1/s1. The molecule has 118 valence electrons. The average molecular weight is 299 g/mol. The molecule has 8 heteroatoms. The van der Waals surface area contributed by atoms with Gasteiger partial charge >= 0.3 is 12.0 Å². The molecule has 0 saturated carbocycles. The highest BCUT2D eigenvalue weighted by Gasteiger charge is 2.33. The summed E-state index contributed by atoms with van der Waals surface area (Å²) in [5.74, 6) is -1.80. The predicted molar refractivity (Wildman–Crippen MR) is 73.3 cm³/mol. The number of imide groups is 1. The molecule has 0 bridgehead atoms. The number of hydrogen-bond donors (Lipinski definition) is 3. The Morgan fingerprint density at radius 1 is 1.38 bits per heavy atom. The quantitative estimate of drug-likeness (QED) is 0.615. The third-order valence-corrected chi connectivity index (χ3v) is 3.27. The molecule has 1 aliphatic heterocycles. The fourth-order valence-corrected chi connectivity index (χ4v) is 2.10. The molecule has 3 N–H and O–H groups in total. The van der Waals surface area contributed by atoms with Crippen LogP contribution >= 0.6 is 0 Å². The molecule has 1 aliphatic rings. The Hall–Kier alpha value is -2.12. The van der Waals surface area contributed by atoms with Crippen LogP contribution in [-0.4, -0.2) is 53.0 Å². The summed E-state index contributed by atoms with van der Waals surface area (Å²) >= 11 is 0. The number of rotatable bonds is 5. The molecule has 4 amide bonds. The number of amides is 4. The number of urea groups is 1. The Balaban J connectivity index is 2.58. The third-order valence-electron chi connectivity index (χ3n) is 3.27. The first-order chi connectivity index (χ1) is 9.72. The van der Waals surface area contributed by atoms with Crippen molar-refractivity contribution in [2.45, 2.75) is 45.2 Å². The molecule has 1 unspecified atom stereocenters. The SMILES string of the molecule is CC(C)C[C@@H](NC(=O)NC1CCC(=O)N(C)C1=O)C(=O)O. The number of piperidine rings is 1. The summed E-state index contributed by atoms with van der Waals surface area (Å²) in [6.45, 7) is 3.70. The zero-order valence-electron chi connectivity index (χ0n) is 12.4. The summed E-state index contributed by atoms with van der Waals surface area (Å²) < 4.78 is 0. The Bertz CT molecular complexity index is 449. The number of likely N-dealkylation sites (tertiary alicyclic amines) is 1. The van der Waals surface area contributed by atoms with Gasteiger partial charge in [0.05, 0.1) is 0 Å². The van der Waals surface area contributed by atoms with Crippen LogP contribution in [0.1, 0.15) is 33.1 Å². The lowest BCUT2D eigenvalue weighted by Crippen LogP contribution is -2.56. The molecule has 0 aromatic heterocycles. The van der Waals surface area contributed by atoms with Gasteiger partial charge in [0.15, 0.2) is 0 Å². The van der Waals surface area contributed by atoms with Crippen molar-refractivity contribution in [2.75, 3.05) is 7.05 Å². The summed E-state index contributed by atoms with van der Waals surface area (Å²) in [5, 5.41) is 13.8. The van der Waals surface area contributed by atoms with Crippen molar-refractivity contribution in [3.63, 3.8) is 0 Å². The van der Waals surface area contributed by atoms with Crippen molar-refractivity contribution in [1.82, 2.24) is 15.5 Å². The molecule has 2 atom stereocenters. The van der Waals surface area contributed by atoms with Gasteiger partial charge in [0.2, 0.25) is 5.91 Å². The van der Waals surface area contributed by atoms with Crippen LogP contribution in [-0.2, 0) is 14.4 Å². The van der Waals surface area contributed by atoms with E-state index in [1.54, 1.807) is 0 Å². The lowest BCUT2D eigenvalue weighted by atomic mass is 10.0. The zero-order valence-corrected chi connectivity index (χ0v) is 12.4. The second kappa shape index (κ2) is 7.05. The monoisotopic (exact) mass is 299 g/mol. The number of nitrogens with one attached hydrogen (secondary N) is 2. The van der Waals surface area contributed by atoms with E-state index in [9.17, 15) is 19.2 Å². The van der Waals surface area contributed by atoms with Gasteiger partial charge in [-0.05, 0) is 18.8 Å². The first kappa shape index (κ1) is 16.9. The second-order valence-corrected chi connectivity index (χ2v) is 5.52. The van der Waals surface area contributed by atoms with E-state index < -0.39 is 30.0 Å². The van der Waals surface area contributed by atoms with Gasteiger partial charge < -0.3 is 15.7 Å². The van der Waals surface area contributed by atoms with Gasteiger partial charge in [-0.15, -0.1) is 0 Å². The largest absolute Gasteiger partial charge is 0.480 e. The normalized spacial score (nSPS) is 20.4. The Morgan fingerprint density at radius 2 is 2.00 bits per heavy atom. The van der Waals surface area contributed by atoms with Crippen molar-refractivity contribution < 1.29 is 24.3 Å². The molecule has 8 nitrogen and oxygen atoms in total. The molecule has 0 spiro atoms. The lowest BCUT2D eigenvalue weighted by Gasteiger charge is -2.28. The van der Waals surface area contributed by atoms with Crippen LogP contribution in [0.3, 0.4) is 0 Å². The van der Waals surface area contributed by atoms with Crippen LogP contribution in [0, 0.1) is 5.92 Å². The summed E-state index contributed by atoms with van der Waals surface area (Å²) in [5.41, 5.74) is 0. The predicted octanol–water partition coefficient (Wildman–Crippen LogP) is -0.0677. The Morgan fingerprint density at radius 3 is 2.52 bits per heavy atom. The van der Waals surface area contributed by atoms with Crippen LogP contribution in [0.15, 0.2) is 0 Å². The second-order valence-electron chi connectivity index (χ2n) is 5.52. The van der Waals surface area contributed by atoms with E-state index in [0.717, 1.165) is 4.90 Å². The third kappa shape index (κ3) is 4.73. The number of carboxylic acids is 1. The van der Waals surface area contributed by atoms with Crippen molar-refractivity contribution in [3.8, 4) is 0 Å². The zero-order chi connectivity index (χ0) is 16.2. The molecule has 0 aliphatic carbocycles. The maximum atomic E-state index is 11.8. The molecule has 0 aromatic rings. The van der Waals surface area contributed by atoms with E-state index in [2.05, 4.69) is 10.6 Å². The van der Waals surface area contributed by atoms with E-state index >= 15 is 0 Å². The molecule has 0 radical (unpaired) electrons. The van der Waals surface area contributed by atoms with E-state index in [4.69, 9.17) is 5.11 Å². The van der Waals surface area contributed by atoms with E-state index in [-0.39, 0.29) is 24.7 Å². The minimum Gasteiger partial charge on any atom is -0.480 e. The summed E-state index contributed by atoms with van der Waals surface area (Å²) in [7, 11) is 1.36. The Kier molecular flexibility index (Phi) is 5.69. The number of hydrogen-bond acceptors (Lipinski definition) is 4. The molecule has 1 fully saturated rings. The van der Waals surface area contributed by atoms with Crippen LogP contribution in [0.5, 0.6) is 0 Å². The lowest BCUT2D eigenvalue weighted by molar-refractivity contribution is -0.147. The maximum Gasteiger partial charge on any atom is 0.326 e. The molecular formula is C13H21N3O5. The highest BCUT2D eigenvalue weighted by molar-refractivity contribution is 6.01. The number of carbonyl (C=O) groups excluding carboxylic acids is 3. The van der Waals surface area contributed by atoms with Gasteiger partial charge in [0.1, 0.15) is 12.1 Å². The highest BCUT2D eigenvalue weighted by Crippen LogP contribution is 2.11. The molecule has 1 heterocycles. The average Bonchev–Trinajstić information content (AvgIpc) is 2.38. The van der Waals surface area contributed by atoms with Gasteiger partial charge in [-0.25, -0.2) is 9.59 Å². The molecular weight excluding hydrogens is 278 g/mol. The minimum atomic E-state index is -1.12. The van der Waals surface area contributed by atoms with E-state index in [1.165, 1.54) is 7.05 Å². The van der Waals surface area contributed by atoms with Crippen LogP contribution in [0.25, 0.3) is 0 Å². The molecule has 1 saturated heterocycles. The molecule has 0 aromatic carbocycles. The fourth-order valence-electron chi connectivity index (χ4n) is 2.10. The van der Waals surface area contributed by atoms with Gasteiger partial charge in [-0.1, -0.05) is 13.8 Å². The first-order valence-electron chi connectivity index (χ1n) is 6.82. The Labute approximate surface area is 122 Å². The summed E-state index contributed by atoms with van der Waals surface area (Å²) in [6, 6.07) is -2.53. The smallest absolute Gasteiger partial charge is 0.326 e. The van der Waals surface area contributed by atoms with Crippen molar-refractivity contribution in [1.29, 1.82) is 0 Å². The molecule has 21 heavy (non-hydrogen) atoms. The van der Waals surface area contributed by atoms with Crippen LogP contribution in [0.4, 0.5) is 4.79 Å². The van der Waals surface area contributed by atoms with Crippen LogP contribution in [0.2, 0.25) is 0 Å². The maximum absolute atomic E-state index is 11.8. The fraction of sp³-hybridized carbons (Fsp3) is 0.692. The summed E-state index contributed by atoms with van der Waals surface area (Å²) in [6.07, 6.45) is 0.679. The number of carboxylic acid groups (broad SMARTS) is 1. The van der Waals surface area contributed by atoms with Gasteiger partial charge in [-0.3, -0.25) is 14.5 Å². The minimum absolute atomic E-state index is 0.103. The van der Waals surface area contributed by atoms with Crippen LogP contribution < -0.4 is 10.6 Å². The first-order valence-corrected chi connectivity index (χ1v) is 6.82. The number of aliphatic carboxylic acids is 1. The van der Waals surface area contributed by atoms with Crippen molar-refractivity contribution in [2.24, 2.45) is 5.92 Å². The summed E-state index contributed by atoms with van der Waals surface area (Å²) in [4.78, 5) is 47.0. The van der Waals surface area contributed by atoms with E-state index in [1.807, 2.05) is 13.8 Å². The topological polar surface area (TPSA) is 116 Å².